The molecule has 3 atom stereocenters. The normalized spacial score (nSPS) is 19.1. The minimum absolute atomic E-state index is 0.0282. The number of amides is 1. The number of methoxy groups -OCH3 is 2. The van der Waals surface area contributed by atoms with Crippen LogP contribution in [0, 0.1) is 17.6 Å². The van der Waals surface area contributed by atoms with Crippen molar-refractivity contribution in [2.75, 3.05) is 37.5 Å². The number of benzene rings is 1. The number of nitrogens with one attached hydrogen (secondary N) is 2. The van der Waals surface area contributed by atoms with Gasteiger partial charge in [-0.2, -0.15) is 9.61 Å². The molecule has 1 aliphatic rings. The molecule has 4 aromatic rings. The Morgan fingerprint density at radius 2 is 1.93 bits per heavy atom. The van der Waals surface area contributed by atoms with Gasteiger partial charge >= 0.3 is 6.09 Å². The summed E-state index contributed by atoms with van der Waals surface area (Å²) in [5.74, 6) is -1.11. The van der Waals surface area contributed by atoms with E-state index < -0.39 is 17.7 Å². The van der Waals surface area contributed by atoms with Crippen molar-refractivity contribution in [2.45, 2.75) is 25.6 Å². The Kier molecular flexibility index (Phi) is 7.76. The molecule has 4 heterocycles. The molecule has 1 saturated heterocycles. The number of nitrogens with two attached hydrogens (primary N) is 1. The van der Waals surface area contributed by atoms with Gasteiger partial charge in [0.15, 0.2) is 0 Å². The second-order valence-electron chi connectivity index (χ2n) is 9.73. The first-order valence-corrected chi connectivity index (χ1v) is 12.7. The van der Waals surface area contributed by atoms with E-state index >= 15 is 0 Å². The fraction of sp³-hybridized carbons (Fsp3) is 0.333. The topological polar surface area (TPSA) is 132 Å². The van der Waals surface area contributed by atoms with Gasteiger partial charge in [0.25, 0.3) is 0 Å². The van der Waals surface area contributed by atoms with Crippen molar-refractivity contribution >= 4 is 28.9 Å². The van der Waals surface area contributed by atoms with E-state index in [0.29, 0.717) is 35.8 Å². The van der Waals surface area contributed by atoms with Crippen molar-refractivity contribution in [1.82, 2.24) is 24.9 Å². The van der Waals surface area contributed by atoms with E-state index in [1.54, 1.807) is 30.7 Å². The van der Waals surface area contributed by atoms with Gasteiger partial charge in [0.05, 0.1) is 60.3 Å². The Labute approximate surface area is 229 Å². The number of aromatic nitrogens is 4. The number of pyridine rings is 1. The van der Waals surface area contributed by atoms with Crippen LogP contribution in [0.25, 0.3) is 16.8 Å². The minimum atomic E-state index is -0.737. The van der Waals surface area contributed by atoms with Gasteiger partial charge < -0.3 is 30.7 Å². The third-order valence-electron chi connectivity index (χ3n) is 6.92. The SMILES string of the molecule is COCc1cc(F)c(-c2ccc3cnc(Nc4cnccc4N4CC(C)C(NC(=O)OC)C(N)C4)n3n2)c(F)c1. The number of ether oxygens (including phenoxy) is 2. The molecule has 1 aromatic carbocycles. The van der Waals surface area contributed by atoms with Crippen molar-refractivity contribution in [3.63, 3.8) is 0 Å². The molecule has 1 aliphatic heterocycles. The summed E-state index contributed by atoms with van der Waals surface area (Å²) in [4.78, 5) is 22.6. The van der Waals surface area contributed by atoms with Crippen LogP contribution in [-0.2, 0) is 16.1 Å². The maximum absolute atomic E-state index is 14.9. The van der Waals surface area contributed by atoms with Crippen molar-refractivity contribution in [2.24, 2.45) is 11.7 Å². The molecule has 3 unspecified atom stereocenters. The van der Waals surface area contributed by atoms with Crippen LogP contribution in [0.4, 0.5) is 30.9 Å². The molecule has 13 heteroatoms. The summed E-state index contributed by atoms with van der Waals surface area (Å²) >= 11 is 0. The fourth-order valence-corrected chi connectivity index (χ4v) is 5.07. The smallest absolute Gasteiger partial charge is 0.407 e. The van der Waals surface area contributed by atoms with Crippen molar-refractivity contribution in [3.8, 4) is 11.3 Å². The van der Waals surface area contributed by atoms with Crippen LogP contribution in [0.15, 0.2) is 48.9 Å². The predicted octanol–water partition coefficient (Wildman–Crippen LogP) is 3.47. The molecule has 11 nitrogen and oxygen atoms in total. The Morgan fingerprint density at radius 1 is 1.15 bits per heavy atom. The summed E-state index contributed by atoms with van der Waals surface area (Å²) < 4.78 is 41.0. The lowest BCUT2D eigenvalue weighted by molar-refractivity contribution is 0.156. The molecule has 0 bridgehead atoms. The van der Waals surface area contributed by atoms with Crippen LogP contribution in [0.1, 0.15) is 12.5 Å². The van der Waals surface area contributed by atoms with Crippen molar-refractivity contribution in [1.29, 1.82) is 0 Å². The minimum Gasteiger partial charge on any atom is -0.453 e. The zero-order valence-electron chi connectivity index (χ0n) is 22.3. The summed E-state index contributed by atoms with van der Waals surface area (Å²) in [5.41, 5.74) is 8.79. The van der Waals surface area contributed by atoms with E-state index in [2.05, 4.69) is 30.6 Å². The van der Waals surface area contributed by atoms with E-state index in [1.165, 1.54) is 30.9 Å². The number of rotatable bonds is 7. The summed E-state index contributed by atoms with van der Waals surface area (Å²) in [6, 6.07) is 6.97. The van der Waals surface area contributed by atoms with Gasteiger partial charge in [-0.05, 0) is 41.8 Å². The van der Waals surface area contributed by atoms with E-state index in [0.717, 1.165) is 5.69 Å². The fourth-order valence-electron chi connectivity index (χ4n) is 5.07. The number of carbonyl (C=O) groups is 1. The van der Waals surface area contributed by atoms with Gasteiger partial charge in [0.2, 0.25) is 5.95 Å². The Morgan fingerprint density at radius 3 is 2.62 bits per heavy atom. The highest BCUT2D eigenvalue weighted by Crippen LogP contribution is 2.32. The molecule has 1 amide bonds. The van der Waals surface area contributed by atoms with Crippen molar-refractivity contribution < 1.29 is 23.0 Å². The standard InChI is InChI=1S/C27H30F2N8O3/c1-15-12-36(13-20(30)25(15)34-27(38)40-3)23-6-7-31-11-22(23)33-26-32-10-17-4-5-21(35-37(17)26)24-18(28)8-16(14-39-2)9-19(24)29/h4-11,15,20,25H,12-14,30H2,1-3H3,(H,32,33)(H,34,38). The van der Waals surface area contributed by atoms with Crippen LogP contribution in [0.2, 0.25) is 0 Å². The number of carbonyl (C=O) groups excluding carboxylic acids is 1. The molecule has 4 N–H and O–H groups in total. The number of anilines is 3. The van der Waals surface area contributed by atoms with E-state index in [1.807, 2.05) is 13.0 Å². The van der Waals surface area contributed by atoms with Crippen molar-refractivity contribution in [3.05, 3.63) is 66.1 Å². The number of halogens is 2. The Hall–Kier alpha value is -4.36. The first-order valence-electron chi connectivity index (χ1n) is 12.7. The summed E-state index contributed by atoms with van der Waals surface area (Å²) in [7, 11) is 2.78. The van der Waals surface area contributed by atoms with Crippen LogP contribution in [0.3, 0.4) is 0 Å². The second-order valence-corrected chi connectivity index (χ2v) is 9.73. The summed E-state index contributed by atoms with van der Waals surface area (Å²) in [6.45, 7) is 3.19. The molecule has 40 heavy (non-hydrogen) atoms. The summed E-state index contributed by atoms with van der Waals surface area (Å²) in [5, 5.41) is 10.6. The highest BCUT2D eigenvalue weighted by atomic mass is 19.1. The second kappa shape index (κ2) is 11.4. The first kappa shape index (κ1) is 27.2. The number of hydrogen-bond acceptors (Lipinski definition) is 9. The number of fused-ring (bicyclic) bond motifs is 1. The van der Waals surface area contributed by atoms with E-state index in [4.69, 9.17) is 15.2 Å². The molecule has 0 radical (unpaired) electrons. The lowest BCUT2D eigenvalue weighted by atomic mass is 9.90. The van der Waals surface area contributed by atoms with Crippen LogP contribution in [-0.4, -0.2) is 65.1 Å². The van der Waals surface area contributed by atoms with Gasteiger partial charge in [-0.15, -0.1) is 0 Å². The third-order valence-corrected chi connectivity index (χ3v) is 6.92. The van der Waals surface area contributed by atoms with Crippen LogP contribution >= 0.6 is 0 Å². The Bertz CT molecular complexity index is 1500. The summed E-state index contributed by atoms with van der Waals surface area (Å²) in [6.07, 6.45) is 4.42. The molecule has 5 rings (SSSR count). The zero-order chi connectivity index (χ0) is 28.4. The average Bonchev–Trinajstić information content (AvgIpc) is 3.32. The lowest BCUT2D eigenvalue weighted by Crippen LogP contribution is -2.62. The maximum Gasteiger partial charge on any atom is 0.407 e. The molecular formula is C27H30F2N8O3. The van der Waals surface area contributed by atoms with Gasteiger partial charge in [0, 0.05) is 32.4 Å². The molecule has 0 saturated carbocycles. The highest BCUT2D eigenvalue weighted by molar-refractivity contribution is 5.74. The number of hydrogen-bond donors (Lipinski definition) is 3. The number of nitrogens with zero attached hydrogens (tertiary/aromatic N) is 5. The predicted molar refractivity (Wildman–Crippen MR) is 145 cm³/mol. The van der Waals surface area contributed by atoms with E-state index in [9.17, 15) is 13.6 Å². The highest BCUT2D eigenvalue weighted by Gasteiger charge is 2.34. The average molecular weight is 553 g/mol. The van der Waals surface area contributed by atoms with E-state index in [-0.39, 0.29) is 35.9 Å². The zero-order valence-corrected chi connectivity index (χ0v) is 22.3. The molecule has 1 fully saturated rings. The van der Waals surface area contributed by atoms with Gasteiger partial charge in [-0.25, -0.2) is 18.6 Å². The molecule has 210 valence electrons. The quantitative estimate of drug-likeness (QED) is 0.315. The van der Waals surface area contributed by atoms with Gasteiger partial charge in [0.1, 0.15) is 11.6 Å². The van der Waals surface area contributed by atoms with Crippen LogP contribution < -0.4 is 21.3 Å². The van der Waals surface area contributed by atoms with Gasteiger partial charge in [-0.3, -0.25) is 4.98 Å². The van der Waals surface area contributed by atoms with Gasteiger partial charge in [-0.1, -0.05) is 6.92 Å². The van der Waals surface area contributed by atoms with Crippen LogP contribution in [0.5, 0.6) is 0 Å². The largest absolute Gasteiger partial charge is 0.453 e. The number of piperidine rings is 1. The third kappa shape index (κ3) is 5.38. The number of imidazole rings is 1. The lowest BCUT2D eigenvalue weighted by Gasteiger charge is -2.42. The molecule has 0 aliphatic carbocycles. The number of alkyl carbamates (subject to hydrolysis) is 1. The molecule has 0 spiro atoms. The first-order chi connectivity index (χ1) is 19.3. The molecular weight excluding hydrogens is 522 g/mol. The maximum atomic E-state index is 14.9. The Balaban J connectivity index is 1.43. The monoisotopic (exact) mass is 552 g/mol. The molecule has 3 aromatic heterocycles.